The number of nitrogens with two attached hydrogens (primary N) is 1. The smallest absolute Gasteiger partial charge is 0.325 e. The van der Waals surface area contributed by atoms with Gasteiger partial charge in [-0.15, -0.1) is 0 Å². The Kier molecular flexibility index (Phi) is 1.44. The molecule has 1 aromatic heterocycles. The largest absolute Gasteiger partial charge is 0.394 e. The van der Waals surface area contributed by atoms with Gasteiger partial charge in [-0.1, -0.05) is 0 Å². The third kappa shape index (κ3) is 1.23. The highest BCUT2D eigenvalue weighted by molar-refractivity contribution is 6.28. The van der Waals surface area contributed by atoms with E-state index in [0.717, 1.165) is 4.73 Å². The molecule has 4 heteroatoms. The van der Waals surface area contributed by atoms with Crippen LogP contribution in [0.25, 0.3) is 0 Å². The minimum absolute atomic E-state index is 0.240. The molecule has 0 unspecified atom stereocenters. The lowest BCUT2D eigenvalue weighted by atomic mass is 10.4. The molecule has 1 rings (SSSR count). The number of hydrogen-bond donors (Lipinski definition) is 2. The van der Waals surface area contributed by atoms with Gasteiger partial charge in [-0.3, -0.25) is 5.21 Å². The molecule has 0 atom stereocenters. The monoisotopic (exact) mass is 145 g/mol. The van der Waals surface area contributed by atoms with E-state index in [9.17, 15) is 0 Å². The summed E-state index contributed by atoms with van der Waals surface area (Å²) in [6.07, 6.45) is 1.32. The van der Waals surface area contributed by atoms with Gasteiger partial charge < -0.3 is 5.73 Å². The highest BCUT2D eigenvalue weighted by Gasteiger charge is 2.04. The molecular formula is C5H6ClN2O+. The van der Waals surface area contributed by atoms with E-state index in [1.54, 1.807) is 6.07 Å². The maximum Gasteiger partial charge on any atom is 0.325 e. The molecule has 3 N–H and O–H groups in total. The van der Waals surface area contributed by atoms with Crippen LogP contribution in [0.1, 0.15) is 0 Å². The molecule has 1 heterocycles. The van der Waals surface area contributed by atoms with Crippen molar-refractivity contribution in [3.05, 3.63) is 23.5 Å². The fourth-order valence-corrected chi connectivity index (χ4v) is 0.599. The van der Waals surface area contributed by atoms with Crippen LogP contribution >= 0.6 is 11.6 Å². The van der Waals surface area contributed by atoms with Crippen molar-refractivity contribution < 1.29 is 9.94 Å². The van der Waals surface area contributed by atoms with Crippen molar-refractivity contribution in [2.24, 2.45) is 0 Å². The van der Waals surface area contributed by atoms with Gasteiger partial charge in [0.1, 0.15) is 5.69 Å². The van der Waals surface area contributed by atoms with E-state index in [0.29, 0.717) is 5.69 Å². The summed E-state index contributed by atoms with van der Waals surface area (Å²) in [4.78, 5) is 0. The van der Waals surface area contributed by atoms with Crippen molar-refractivity contribution >= 4 is 17.3 Å². The molecule has 0 aliphatic rings. The standard InChI is InChI=1S/C5H6ClN2O/c6-5-2-1-4(7)3-8(5)9/h1-3,9H,7H2/q+1. The topological polar surface area (TPSA) is 50.1 Å². The quantitative estimate of drug-likeness (QED) is 0.316. The van der Waals surface area contributed by atoms with Crippen LogP contribution in [0.2, 0.25) is 5.15 Å². The molecule has 3 nitrogen and oxygen atoms in total. The van der Waals surface area contributed by atoms with Gasteiger partial charge in [-0.05, 0) is 17.7 Å². The number of pyridine rings is 1. The molecule has 0 amide bonds. The van der Waals surface area contributed by atoms with E-state index in [2.05, 4.69) is 0 Å². The summed E-state index contributed by atoms with van der Waals surface area (Å²) in [6.45, 7) is 0. The molecule has 0 aliphatic carbocycles. The van der Waals surface area contributed by atoms with Gasteiger partial charge >= 0.3 is 5.15 Å². The van der Waals surface area contributed by atoms with Crippen LogP contribution in [0.5, 0.6) is 0 Å². The number of aromatic nitrogens is 1. The third-order valence-corrected chi connectivity index (χ3v) is 1.20. The highest BCUT2D eigenvalue weighted by atomic mass is 35.5. The van der Waals surface area contributed by atoms with Crippen LogP contribution in [0.4, 0.5) is 5.69 Å². The maximum absolute atomic E-state index is 8.80. The number of nitrogen functional groups attached to an aromatic ring is 1. The second kappa shape index (κ2) is 2.11. The highest BCUT2D eigenvalue weighted by Crippen LogP contribution is 2.02. The minimum atomic E-state index is 0.240. The zero-order chi connectivity index (χ0) is 6.85. The van der Waals surface area contributed by atoms with E-state index >= 15 is 0 Å². The molecule has 9 heavy (non-hydrogen) atoms. The second-order valence-electron chi connectivity index (χ2n) is 1.63. The Labute approximate surface area is 57.3 Å². The van der Waals surface area contributed by atoms with E-state index in [1.807, 2.05) is 0 Å². The van der Waals surface area contributed by atoms with Crippen molar-refractivity contribution in [2.45, 2.75) is 0 Å². The zero-order valence-electron chi connectivity index (χ0n) is 4.58. The van der Waals surface area contributed by atoms with E-state index in [-0.39, 0.29) is 5.15 Å². The van der Waals surface area contributed by atoms with Crippen molar-refractivity contribution in [3.63, 3.8) is 0 Å². The molecule has 0 spiro atoms. The first-order valence-corrected chi connectivity index (χ1v) is 2.74. The normalized spacial score (nSPS) is 9.44. The molecule has 1 aromatic rings. The maximum atomic E-state index is 8.80. The molecule has 0 saturated carbocycles. The summed E-state index contributed by atoms with van der Waals surface area (Å²) in [5.74, 6) is 0. The zero-order valence-corrected chi connectivity index (χ0v) is 5.34. The average molecular weight is 146 g/mol. The average Bonchev–Trinajstić information content (AvgIpc) is 1.80. The number of hydrogen-bond acceptors (Lipinski definition) is 2. The summed E-state index contributed by atoms with van der Waals surface area (Å²) >= 11 is 5.44. The Hall–Kier alpha value is -0.960. The van der Waals surface area contributed by atoms with Crippen molar-refractivity contribution in [3.8, 4) is 0 Å². The lowest BCUT2D eigenvalue weighted by Gasteiger charge is -1.87. The molecule has 0 radical (unpaired) electrons. The molecule has 0 saturated heterocycles. The second-order valence-corrected chi connectivity index (χ2v) is 2.02. The molecule has 0 bridgehead atoms. The SMILES string of the molecule is Nc1ccc(Cl)[n+](O)c1. The van der Waals surface area contributed by atoms with Crippen LogP contribution in [0, 0.1) is 0 Å². The lowest BCUT2D eigenvalue weighted by molar-refractivity contribution is -0.902. The van der Waals surface area contributed by atoms with Crippen molar-refractivity contribution in [1.29, 1.82) is 0 Å². The molecule has 0 aliphatic heterocycles. The van der Waals surface area contributed by atoms with Gasteiger partial charge in [-0.2, -0.15) is 0 Å². The summed E-state index contributed by atoms with van der Waals surface area (Å²) in [5.41, 5.74) is 5.76. The van der Waals surface area contributed by atoms with Gasteiger partial charge in [0.05, 0.1) is 0 Å². The fourth-order valence-electron chi connectivity index (χ4n) is 0.487. The first kappa shape index (κ1) is 6.16. The molecule has 48 valence electrons. The predicted molar refractivity (Wildman–Crippen MR) is 33.2 cm³/mol. The summed E-state index contributed by atoms with van der Waals surface area (Å²) < 4.78 is 0.761. The number of anilines is 1. The molecule has 0 aromatic carbocycles. The minimum Gasteiger partial charge on any atom is -0.394 e. The summed E-state index contributed by atoms with van der Waals surface area (Å²) in [6, 6.07) is 3.12. The van der Waals surface area contributed by atoms with Crippen LogP contribution < -0.4 is 10.5 Å². The Morgan fingerprint density at radius 1 is 1.56 bits per heavy atom. The lowest BCUT2D eigenvalue weighted by Crippen LogP contribution is -2.30. The Morgan fingerprint density at radius 3 is 2.67 bits per heavy atom. The van der Waals surface area contributed by atoms with E-state index < -0.39 is 0 Å². The van der Waals surface area contributed by atoms with Gasteiger partial charge in [0.15, 0.2) is 0 Å². The van der Waals surface area contributed by atoms with Gasteiger partial charge in [0, 0.05) is 10.8 Å². The van der Waals surface area contributed by atoms with E-state index in [4.69, 9.17) is 22.5 Å². The van der Waals surface area contributed by atoms with Crippen molar-refractivity contribution in [2.75, 3.05) is 5.73 Å². The number of nitrogens with zero attached hydrogens (tertiary/aromatic N) is 1. The summed E-state index contributed by atoms with van der Waals surface area (Å²) in [5, 5.41) is 9.04. The first-order valence-electron chi connectivity index (χ1n) is 2.36. The van der Waals surface area contributed by atoms with Crippen LogP contribution in [-0.2, 0) is 0 Å². The number of rotatable bonds is 0. The van der Waals surface area contributed by atoms with E-state index in [1.165, 1.54) is 12.3 Å². The Balaban J connectivity index is 3.17. The first-order chi connectivity index (χ1) is 4.20. The third-order valence-electron chi connectivity index (χ3n) is 0.904. The van der Waals surface area contributed by atoms with Crippen LogP contribution in [0.15, 0.2) is 18.3 Å². The summed E-state index contributed by atoms with van der Waals surface area (Å²) in [7, 11) is 0. The van der Waals surface area contributed by atoms with Crippen LogP contribution in [0.3, 0.4) is 0 Å². The Morgan fingerprint density at radius 2 is 2.22 bits per heavy atom. The molecular weight excluding hydrogens is 140 g/mol. The van der Waals surface area contributed by atoms with Gasteiger partial charge in [-0.25, -0.2) is 0 Å². The van der Waals surface area contributed by atoms with Gasteiger partial charge in [0.2, 0.25) is 6.20 Å². The predicted octanol–water partition coefficient (Wildman–Crippen LogP) is 0.447. The Bertz CT molecular complexity index is 226. The van der Waals surface area contributed by atoms with Crippen molar-refractivity contribution in [1.82, 2.24) is 0 Å². The molecule has 0 fully saturated rings. The number of halogens is 1. The van der Waals surface area contributed by atoms with Crippen LogP contribution in [-0.4, -0.2) is 5.21 Å². The fraction of sp³-hybridized carbons (Fsp3) is 0. The van der Waals surface area contributed by atoms with Gasteiger partial charge in [0.25, 0.3) is 0 Å².